The van der Waals surface area contributed by atoms with Gasteiger partial charge in [0.2, 0.25) is 0 Å². The molecule has 2 unspecified atom stereocenters. The second kappa shape index (κ2) is 5.69. The zero-order valence-electron chi connectivity index (χ0n) is 11.4. The number of para-hydroxylation sites is 1. The summed E-state index contributed by atoms with van der Waals surface area (Å²) in [5, 5.41) is 30.2. The molecule has 2 atom stereocenters. The van der Waals surface area contributed by atoms with Gasteiger partial charge in [-0.2, -0.15) is 0 Å². The lowest BCUT2D eigenvalue weighted by Crippen LogP contribution is -2.22. The molecule has 0 saturated heterocycles. The van der Waals surface area contributed by atoms with E-state index in [2.05, 4.69) is 4.98 Å². The van der Waals surface area contributed by atoms with E-state index in [1.54, 1.807) is 0 Å². The third-order valence-electron chi connectivity index (χ3n) is 3.66. The van der Waals surface area contributed by atoms with Gasteiger partial charge in [0.15, 0.2) is 0 Å². The van der Waals surface area contributed by atoms with Crippen LogP contribution >= 0.6 is 0 Å². The number of fused-ring (bicyclic) bond motifs is 1. The maximum absolute atomic E-state index is 10.4. The van der Waals surface area contributed by atoms with Crippen molar-refractivity contribution in [3.63, 3.8) is 0 Å². The topological polar surface area (TPSA) is 76.5 Å². The van der Waals surface area contributed by atoms with Gasteiger partial charge in [-0.1, -0.05) is 48.5 Å². The maximum atomic E-state index is 10.4. The molecule has 4 nitrogen and oxygen atoms in total. The van der Waals surface area contributed by atoms with Gasteiger partial charge >= 0.3 is 0 Å². The Bertz CT molecular complexity index is 736. The molecule has 0 aliphatic rings. The summed E-state index contributed by atoms with van der Waals surface area (Å²) in [5.74, 6) is 0. The van der Waals surface area contributed by atoms with Crippen LogP contribution in [0.25, 0.3) is 22.2 Å². The average Bonchev–Trinajstić information content (AvgIpc) is 2.93. The van der Waals surface area contributed by atoms with Crippen LogP contribution in [-0.2, 0) is 0 Å². The quantitative estimate of drug-likeness (QED) is 0.593. The molecule has 0 aliphatic heterocycles. The fourth-order valence-electron chi connectivity index (χ4n) is 2.60. The first-order valence-corrected chi connectivity index (χ1v) is 6.85. The summed E-state index contributed by atoms with van der Waals surface area (Å²) in [4.78, 5) is 3.29. The third-order valence-corrected chi connectivity index (χ3v) is 3.66. The first-order valence-electron chi connectivity index (χ1n) is 6.85. The Morgan fingerprint density at radius 3 is 2.29 bits per heavy atom. The van der Waals surface area contributed by atoms with Crippen molar-refractivity contribution < 1.29 is 15.3 Å². The van der Waals surface area contributed by atoms with E-state index in [0.717, 1.165) is 22.2 Å². The fourth-order valence-corrected chi connectivity index (χ4v) is 2.60. The summed E-state index contributed by atoms with van der Waals surface area (Å²) in [6, 6.07) is 17.2. The van der Waals surface area contributed by atoms with E-state index in [-0.39, 0.29) is 0 Å². The van der Waals surface area contributed by atoms with E-state index in [1.807, 2.05) is 54.6 Å². The monoisotopic (exact) mass is 283 g/mol. The third kappa shape index (κ3) is 2.45. The number of hydrogen-bond acceptors (Lipinski definition) is 3. The molecule has 21 heavy (non-hydrogen) atoms. The minimum Gasteiger partial charge on any atom is -0.394 e. The van der Waals surface area contributed by atoms with E-state index in [0.29, 0.717) is 5.56 Å². The number of H-pyrrole nitrogens is 1. The molecule has 4 heteroatoms. The highest BCUT2D eigenvalue weighted by atomic mass is 16.4. The van der Waals surface area contributed by atoms with Gasteiger partial charge in [-0.05, 0) is 11.6 Å². The highest BCUT2D eigenvalue weighted by molar-refractivity contribution is 5.91. The molecule has 108 valence electrons. The second-order valence-corrected chi connectivity index (χ2v) is 5.02. The lowest BCUT2D eigenvalue weighted by molar-refractivity contribution is -0.0142. The van der Waals surface area contributed by atoms with Crippen molar-refractivity contribution in [2.24, 2.45) is 0 Å². The van der Waals surface area contributed by atoms with Crippen LogP contribution in [0.4, 0.5) is 0 Å². The van der Waals surface area contributed by atoms with Gasteiger partial charge in [-0.15, -0.1) is 0 Å². The SMILES string of the molecule is OCC(O)C(O)c1c(-c2ccccc2)[nH]c2ccccc12. The van der Waals surface area contributed by atoms with Gasteiger partial charge < -0.3 is 20.3 Å². The van der Waals surface area contributed by atoms with Crippen LogP contribution in [-0.4, -0.2) is 33.0 Å². The Morgan fingerprint density at radius 2 is 1.57 bits per heavy atom. The molecule has 0 fully saturated rings. The molecule has 0 saturated carbocycles. The zero-order chi connectivity index (χ0) is 14.8. The summed E-state index contributed by atoms with van der Waals surface area (Å²) in [5.41, 5.74) is 3.18. The minimum absolute atomic E-state index is 0.491. The summed E-state index contributed by atoms with van der Waals surface area (Å²) >= 11 is 0. The first kappa shape index (κ1) is 13.8. The fraction of sp³-hybridized carbons (Fsp3) is 0.176. The average molecular weight is 283 g/mol. The van der Waals surface area contributed by atoms with Crippen molar-refractivity contribution in [3.05, 3.63) is 60.2 Å². The van der Waals surface area contributed by atoms with Crippen molar-refractivity contribution in [2.75, 3.05) is 6.61 Å². The van der Waals surface area contributed by atoms with Gasteiger partial charge in [0.05, 0.1) is 12.3 Å². The largest absolute Gasteiger partial charge is 0.394 e. The smallest absolute Gasteiger partial charge is 0.110 e. The molecule has 4 N–H and O–H groups in total. The van der Waals surface area contributed by atoms with Crippen molar-refractivity contribution in [3.8, 4) is 11.3 Å². The van der Waals surface area contributed by atoms with Crippen molar-refractivity contribution in [1.82, 2.24) is 4.98 Å². The number of hydrogen-bond donors (Lipinski definition) is 4. The molecular weight excluding hydrogens is 266 g/mol. The zero-order valence-corrected chi connectivity index (χ0v) is 11.4. The van der Waals surface area contributed by atoms with Crippen LogP contribution in [0.1, 0.15) is 11.7 Å². The molecule has 0 bridgehead atoms. The number of aromatic nitrogens is 1. The standard InChI is InChI=1S/C17H17NO3/c19-10-14(20)17(21)15-12-8-4-5-9-13(12)18-16(15)11-6-2-1-3-7-11/h1-9,14,17-21H,10H2. The first-order chi connectivity index (χ1) is 10.2. The molecule has 3 rings (SSSR count). The van der Waals surface area contributed by atoms with Gasteiger partial charge in [-0.3, -0.25) is 0 Å². The second-order valence-electron chi connectivity index (χ2n) is 5.02. The van der Waals surface area contributed by atoms with Gasteiger partial charge in [0, 0.05) is 16.5 Å². The van der Waals surface area contributed by atoms with Crippen molar-refractivity contribution >= 4 is 10.9 Å². The molecule has 2 aromatic carbocycles. The number of benzene rings is 2. The van der Waals surface area contributed by atoms with E-state index >= 15 is 0 Å². The summed E-state index contributed by atoms with van der Waals surface area (Å²) in [6.45, 7) is -0.491. The maximum Gasteiger partial charge on any atom is 0.110 e. The van der Waals surface area contributed by atoms with Crippen molar-refractivity contribution in [2.45, 2.75) is 12.2 Å². The number of rotatable bonds is 4. The van der Waals surface area contributed by atoms with Crippen LogP contribution in [0.2, 0.25) is 0 Å². The molecule has 0 aliphatic carbocycles. The Labute approximate surface area is 122 Å². The predicted molar refractivity (Wildman–Crippen MR) is 81.8 cm³/mol. The number of aliphatic hydroxyl groups is 3. The van der Waals surface area contributed by atoms with Crippen LogP contribution in [0.5, 0.6) is 0 Å². The molecule has 0 amide bonds. The summed E-state index contributed by atoms with van der Waals surface area (Å²) in [6.07, 6.45) is -2.37. The van der Waals surface area contributed by atoms with E-state index in [1.165, 1.54) is 0 Å². The molecule has 0 radical (unpaired) electrons. The lowest BCUT2D eigenvalue weighted by atomic mass is 9.97. The number of aliphatic hydroxyl groups excluding tert-OH is 3. The van der Waals surface area contributed by atoms with E-state index < -0.39 is 18.8 Å². The highest BCUT2D eigenvalue weighted by Gasteiger charge is 2.25. The molecule has 3 aromatic rings. The molecule has 1 aromatic heterocycles. The van der Waals surface area contributed by atoms with Crippen LogP contribution in [0.15, 0.2) is 54.6 Å². The molecule has 1 heterocycles. The Morgan fingerprint density at radius 1 is 0.905 bits per heavy atom. The van der Waals surface area contributed by atoms with Gasteiger partial charge in [0.25, 0.3) is 0 Å². The lowest BCUT2D eigenvalue weighted by Gasteiger charge is -2.17. The molecular formula is C17H17NO3. The summed E-state index contributed by atoms with van der Waals surface area (Å²) < 4.78 is 0. The van der Waals surface area contributed by atoms with Crippen LogP contribution in [0.3, 0.4) is 0 Å². The number of aromatic amines is 1. The normalized spacial score (nSPS) is 14.2. The van der Waals surface area contributed by atoms with E-state index in [9.17, 15) is 10.2 Å². The minimum atomic E-state index is -1.22. The van der Waals surface area contributed by atoms with Crippen LogP contribution < -0.4 is 0 Å². The predicted octanol–water partition coefficient (Wildman–Crippen LogP) is 2.22. The Kier molecular flexibility index (Phi) is 3.75. The van der Waals surface area contributed by atoms with Crippen LogP contribution in [0, 0.1) is 0 Å². The van der Waals surface area contributed by atoms with E-state index in [4.69, 9.17) is 5.11 Å². The number of nitrogens with one attached hydrogen (secondary N) is 1. The van der Waals surface area contributed by atoms with Gasteiger partial charge in [-0.25, -0.2) is 0 Å². The molecule has 0 spiro atoms. The Balaban J connectivity index is 2.24. The Hall–Kier alpha value is -2.14. The highest BCUT2D eigenvalue weighted by Crippen LogP contribution is 2.35. The summed E-state index contributed by atoms with van der Waals surface area (Å²) in [7, 11) is 0. The van der Waals surface area contributed by atoms with Gasteiger partial charge in [0.1, 0.15) is 12.2 Å². The van der Waals surface area contributed by atoms with Crippen molar-refractivity contribution in [1.29, 1.82) is 0 Å².